The van der Waals surface area contributed by atoms with Gasteiger partial charge in [-0.15, -0.1) is 11.6 Å². The van der Waals surface area contributed by atoms with E-state index in [2.05, 4.69) is 5.32 Å². The van der Waals surface area contributed by atoms with Gasteiger partial charge in [-0.05, 0) is 18.4 Å². The van der Waals surface area contributed by atoms with Crippen LogP contribution in [0.3, 0.4) is 0 Å². The molecule has 1 aliphatic rings. The van der Waals surface area contributed by atoms with E-state index in [0.29, 0.717) is 13.2 Å². The lowest BCUT2D eigenvalue weighted by Gasteiger charge is -2.13. The van der Waals surface area contributed by atoms with Gasteiger partial charge in [0, 0.05) is 13.2 Å². The molecule has 0 bridgehead atoms. The van der Waals surface area contributed by atoms with Crippen LogP contribution >= 0.6 is 11.6 Å². The minimum atomic E-state index is -0.283. The predicted molar refractivity (Wildman–Crippen MR) is 67.0 cm³/mol. The number of hydrogen-bond donors (Lipinski definition) is 1. The van der Waals surface area contributed by atoms with Crippen LogP contribution in [0.1, 0.15) is 23.8 Å². The standard InChI is InChI=1S/C13H16ClNO2/c14-11(10-5-2-1-3-6-10)9-15-13(16)12-7-4-8-17-12/h1-3,5-6,11-12H,4,7-9H2,(H,15,16). The average Bonchev–Trinajstić information content (AvgIpc) is 2.90. The summed E-state index contributed by atoms with van der Waals surface area (Å²) in [5.41, 5.74) is 1.02. The zero-order valence-corrected chi connectivity index (χ0v) is 10.3. The molecule has 3 nitrogen and oxygen atoms in total. The zero-order chi connectivity index (χ0) is 12.1. The second-order valence-electron chi connectivity index (χ2n) is 4.13. The second kappa shape index (κ2) is 6.03. The highest BCUT2D eigenvalue weighted by Crippen LogP contribution is 2.19. The fourth-order valence-corrected chi connectivity index (χ4v) is 2.09. The third kappa shape index (κ3) is 3.45. The van der Waals surface area contributed by atoms with Crippen LogP contribution < -0.4 is 5.32 Å². The van der Waals surface area contributed by atoms with Gasteiger partial charge in [0.05, 0.1) is 5.38 Å². The molecular weight excluding hydrogens is 238 g/mol. The molecule has 2 atom stereocenters. The Morgan fingerprint density at radius 1 is 1.47 bits per heavy atom. The molecule has 0 aliphatic carbocycles. The van der Waals surface area contributed by atoms with E-state index in [9.17, 15) is 4.79 Å². The maximum absolute atomic E-state index is 11.7. The van der Waals surface area contributed by atoms with Crippen molar-refractivity contribution in [1.82, 2.24) is 5.32 Å². The first-order valence-corrected chi connectivity index (χ1v) is 6.29. The van der Waals surface area contributed by atoms with E-state index < -0.39 is 0 Å². The van der Waals surface area contributed by atoms with Gasteiger partial charge in [-0.1, -0.05) is 30.3 Å². The Bertz CT molecular complexity index is 363. The van der Waals surface area contributed by atoms with Crippen LogP contribution in [-0.4, -0.2) is 25.2 Å². The quantitative estimate of drug-likeness (QED) is 0.836. The van der Waals surface area contributed by atoms with Crippen molar-refractivity contribution >= 4 is 17.5 Å². The lowest BCUT2D eigenvalue weighted by atomic mass is 10.1. The van der Waals surface area contributed by atoms with Gasteiger partial charge in [0.15, 0.2) is 0 Å². The number of hydrogen-bond acceptors (Lipinski definition) is 2. The zero-order valence-electron chi connectivity index (χ0n) is 9.56. The topological polar surface area (TPSA) is 38.3 Å². The highest BCUT2D eigenvalue weighted by Gasteiger charge is 2.23. The summed E-state index contributed by atoms with van der Waals surface area (Å²) in [6.45, 7) is 1.12. The third-order valence-electron chi connectivity index (χ3n) is 2.84. The second-order valence-corrected chi connectivity index (χ2v) is 4.65. The summed E-state index contributed by atoms with van der Waals surface area (Å²) in [6.07, 6.45) is 1.49. The van der Waals surface area contributed by atoms with Crippen LogP contribution in [-0.2, 0) is 9.53 Å². The molecule has 0 saturated carbocycles. The number of carbonyl (C=O) groups excluding carboxylic acids is 1. The van der Waals surface area contributed by atoms with Crippen molar-refractivity contribution in [2.45, 2.75) is 24.3 Å². The van der Waals surface area contributed by atoms with Crippen LogP contribution in [0.15, 0.2) is 30.3 Å². The molecule has 92 valence electrons. The largest absolute Gasteiger partial charge is 0.368 e. The summed E-state index contributed by atoms with van der Waals surface area (Å²) >= 11 is 6.20. The normalized spacial score (nSPS) is 21.1. The Morgan fingerprint density at radius 3 is 2.88 bits per heavy atom. The SMILES string of the molecule is O=C(NCC(Cl)c1ccccc1)C1CCCO1. The van der Waals surface area contributed by atoms with Gasteiger partial charge in [-0.3, -0.25) is 4.79 Å². The smallest absolute Gasteiger partial charge is 0.249 e. The minimum absolute atomic E-state index is 0.0518. The summed E-state index contributed by atoms with van der Waals surface area (Å²) in [4.78, 5) is 11.7. The maximum atomic E-state index is 11.7. The van der Waals surface area contributed by atoms with E-state index >= 15 is 0 Å². The van der Waals surface area contributed by atoms with Gasteiger partial charge in [0.25, 0.3) is 0 Å². The molecule has 2 rings (SSSR count). The molecule has 1 N–H and O–H groups in total. The van der Waals surface area contributed by atoms with Gasteiger partial charge in [-0.2, -0.15) is 0 Å². The molecule has 17 heavy (non-hydrogen) atoms. The van der Waals surface area contributed by atoms with Gasteiger partial charge in [-0.25, -0.2) is 0 Å². The van der Waals surface area contributed by atoms with E-state index in [1.54, 1.807) is 0 Å². The summed E-state index contributed by atoms with van der Waals surface area (Å²) in [5.74, 6) is -0.0518. The molecule has 0 aromatic heterocycles. The van der Waals surface area contributed by atoms with Crippen molar-refractivity contribution in [2.24, 2.45) is 0 Å². The van der Waals surface area contributed by atoms with E-state index in [4.69, 9.17) is 16.3 Å². The highest BCUT2D eigenvalue weighted by molar-refractivity contribution is 6.21. The van der Waals surface area contributed by atoms with Gasteiger partial charge < -0.3 is 10.1 Å². The number of carbonyl (C=O) groups is 1. The molecule has 1 saturated heterocycles. The van der Waals surface area contributed by atoms with Crippen molar-refractivity contribution in [2.75, 3.05) is 13.2 Å². The van der Waals surface area contributed by atoms with Crippen LogP contribution in [0, 0.1) is 0 Å². The van der Waals surface area contributed by atoms with Crippen molar-refractivity contribution < 1.29 is 9.53 Å². The molecule has 1 aromatic rings. The number of alkyl halides is 1. The Balaban J connectivity index is 1.80. The fraction of sp³-hybridized carbons (Fsp3) is 0.462. The molecule has 0 radical (unpaired) electrons. The van der Waals surface area contributed by atoms with Gasteiger partial charge >= 0.3 is 0 Å². The van der Waals surface area contributed by atoms with E-state index in [-0.39, 0.29) is 17.4 Å². The molecule has 1 fully saturated rings. The molecule has 1 aromatic carbocycles. The van der Waals surface area contributed by atoms with E-state index in [0.717, 1.165) is 18.4 Å². The van der Waals surface area contributed by atoms with Gasteiger partial charge in [0.2, 0.25) is 5.91 Å². The summed E-state index contributed by atoms with van der Waals surface area (Å²) in [6, 6.07) is 9.73. The van der Waals surface area contributed by atoms with Crippen molar-refractivity contribution in [1.29, 1.82) is 0 Å². The predicted octanol–water partition coefficient (Wildman–Crippen LogP) is 2.26. The average molecular weight is 254 g/mol. The molecular formula is C13H16ClNO2. The number of nitrogens with one attached hydrogen (secondary N) is 1. The summed E-state index contributed by atoms with van der Waals surface area (Å²) in [5, 5.41) is 2.63. The molecule has 4 heteroatoms. The lowest BCUT2D eigenvalue weighted by Crippen LogP contribution is -2.35. The first kappa shape index (κ1) is 12.4. The first-order chi connectivity index (χ1) is 8.27. The Kier molecular flexibility index (Phi) is 4.40. The van der Waals surface area contributed by atoms with Crippen LogP contribution in [0.4, 0.5) is 0 Å². The number of amides is 1. The van der Waals surface area contributed by atoms with Crippen LogP contribution in [0.5, 0.6) is 0 Å². The summed E-state index contributed by atoms with van der Waals surface area (Å²) < 4.78 is 5.30. The lowest BCUT2D eigenvalue weighted by molar-refractivity contribution is -0.130. The molecule has 2 unspecified atom stereocenters. The Morgan fingerprint density at radius 2 is 2.24 bits per heavy atom. The molecule has 1 amide bonds. The van der Waals surface area contributed by atoms with E-state index in [1.807, 2.05) is 30.3 Å². The number of ether oxygens (including phenoxy) is 1. The minimum Gasteiger partial charge on any atom is -0.368 e. The third-order valence-corrected chi connectivity index (χ3v) is 3.25. The number of halogens is 1. The maximum Gasteiger partial charge on any atom is 0.249 e. The number of benzene rings is 1. The molecule has 0 spiro atoms. The van der Waals surface area contributed by atoms with Crippen molar-refractivity contribution in [3.05, 3.63) is 35.9 Å². The fourth-order valence-electron chi connectivity index (χ4n) is 1.87. The van der Waals surface area contributed by atoms with Gasteiger partial charge in [0.1, 0.15) is 6.10 Å². The number of rotatable bonds is 4. The Hall–Kier alpha value is -1.06. The monoisotopic (exact) mass is 253 g/mol. The van der Waals surface area contributed by atoms with Crippen LogP contribution in [0.2, 0.25) is 0 Å². The van der Waals surface area contributed by atoms with Crippen LogP contribution in [0.25, 0.3) is 0 Å². The van der Waals surface area contributed by atoms with Crippen molar-refractivity contribution in [3.63, 3.8) is 0 Å². The highest BCUT2D eigenvalue weighted by atomic mass is 35.5. The molecule has 1 aliphatic heterocycles. The first-order valence-electron chi connectivity index (χ1n) is 5.85. The Labute approximate surface area is 106 Å². The molecule has 1 heterocycles. The van der Waals surface area contributed by atoms with Crippen molar-refractivity contribution in [3.8, 4) is 0 Å². The summed E-state index contributed by atoms with van der Waals surface area (Å²) in [7, 11) is 0. The van der Waals surface area contributed by atoms with E-state index in [1.165, 1.54) is 0 Å².